The van der Waals surface area contributed by atoms with Crippen molar-refractivity contribution in [3.05, 3.63) is 29.8 Å². The smallest absolute Gasteiger partial charge is 0.0940 e. The van der Waals surface area contributed by atoms with Crippen molar-refractivity contribution in [2.45, 2.75) is 18.4 Å². The molecule has 0 spiro atoms. The van der Waals surface area contributed by atoms with Gasteiger partial charge in [0.15, 0.2) is 0 Å². The lowest BCUT2D eigenvalue weighted by molar-refractivity contribution is -0.0679. The number of rotatable bonds is 2. The number of benzene rings is 1. The van der Waals surface area contributed by atoms with E-state index >= 15 is 0 Å². The molecule has 1 aromatic rings. The van der Waals surface area contributed by atoms with E-state index in [2.05, 4.69) is 5.32 Å². The molecule has 3 nitrogen and oxygen atoms in total. The van der Waals surface area contributed by atoms with Crippen LogP contribution in [0.1, 0.15) is 18.4 Å². The van der Waals surface area contributed by atoms with Crippen LogP contribution in [0.15, 0.2) is 24.3 Å². The zero-order valence-electron chi connectivity index (χ0n) is 8.99. The second-order valence-corrected chi connectivity index (χ2v) is 3.97. The Kier molecular flexibility index (Phi) is 2.93. The molecule has 1 aliphatic rings. The number of hydrogen-bond donors (Lipinski definition) is 2. The van der Waals surface area contributed by atoms with Gasteiger partial charge in [-0.2, -0.15) is 0 Å². The fourth-order valence-corrected chi connectivity index (χ4v) is 1.94. The summed E-state index contributed by atoms with van der Waals surface area (Å²) in [6.45, 7) is 1.29. The van der Waals surface area contributed by atoms with Crippen molar-refractivity contribution in [1.29, 1.82) is 0 Å². The Balaban J connectivity index is 2.20. The standard InChI is InChI=1S/C12H17NO2/c1-13-11-4-2-10(3-5-11)12(14)6-8-15-9-7-12/h2-5,13-14H,6-9H2,1H3. The summed E-state index contributed by atoms with van der Waals surface area (Å²) >= 11 is 0. The van der Waals surface area contributed by atoms with Gasteiger partial charge in [-0.3, -0.25) is 0 Å². The lowest BCUT2D eigenvalue weighted by Crippen LogP contribution is -2.33. The predicted octanol–water partition coefficient (Wildman–Crippen LogP) is 1.73. The van der Waals surface area contributed by atoms with Gasteiger partial charge in [0.2, 0.25) is 0 Å². The Hall–Kier alpha value is -1.06. The van der Waals surface area contributed by atoms with Crippen molar-refractivity contribution >= 4 is 5.69 Å². The van der Waals surface area contributed by atoms with Gasteiger partial charge in [0.1, 0.15) is 0 Å². The Labute approximate surface area is 90.1 Å². The van der Waals surface area contributed by atoms with E-state index in [1.54, 1.807) is 0 Å². The maximum Gasteiger partial charge on any atom is 0.0940 e. The summed E-state index contributed by atoms with van der Waals surface area (Å²) in [5.41, 5.74) is 1.36. The van der Waals surface area contributed by atoms with Gasteiger partial charge in [0.05, 0.1) is 5.60 Å². The third kappa shape index (κ3) is 2.13. The van der Waals surface area contributed by atoms with Crippen LogP contribution in [0.4, 0.5) is 5.69 Å². The minimum atomic E-state index is -0.690. The second-order valence-electron chi connectivity index (χ2n) is 3.97. The van der Waals surface area contributed by atoms with Crippen molar-refractivity contribution in [1.82, 2.24) is 0 Å². The van der Waals surface area contributed by atoms with E-state index in [9.17, 15) is 5.11 Å². The molecule has 1 saturated heterocycles. The van der Waals surface area contributed by atoms with Crippen LogP contribution < -0.4 is 5.32 Å². The van der Waals surface area contributed by atoms with Crippen molar-refractivity contribution in [3.63, 3.8) is 0 Å². The fourth-order valence-electron chi connectivity index (χ4n) is 1.94. The molecule has 0 atom stereocenters. The third-order valence-corrected chi connectivity index (χ3v) is 3.03. The quantitative estimate of drug-likeness (QED) is 0.776. The highest BCUT2D eigenvalue weighted by Crippen LogP contribution is 2.32. The zero-order valence-corrected chi connectivity index (χ0v) is 8.99. The Morgan fingerprint density at radius 3 is 2.33 bits per heavy atom. The molecular weight excluding hydrogens is 190 g/mol. The van der Waals surface area contributed by atoms with Crippen molar-refractivity contribution in [2.24, 2.45) is 0 Å². The molecule has 15 heavy (non-hydrogen) atoms. The summed E-state index contributed by atoms with van der Waals surface area (Å²) in [7, 11) is 1.89. The SMILES string of the molecule is CNc1ccc(C2(O)CCOCC2)cc1. The van der Waals surface area contributed by atoms with Gasteiger partial charge < -0.3 is 15.2 Å². The topological polar surface area (TPSA) is 41.5 Å². The highest BCUT2D eigenvalue weighted by atomic mass is 16.5. The number of ether oxygens (including phenoxy) is 1. The molecule has 0 saturated carbocycles. The summed E-state index contributed by atoms with van der Waals surface area (Å²) in [4.78, 5) is 0. The fraction of sp³-hybridized carbons (Fsp3) is 0.500. The van der Waals surface area contributed by atoms with Gasteiger partial charge in [0, 0.05) is 38.8 Å². The summed E-state index contributed by atoms with van der Waals surface area (Å²) in [5, 5.41) is 13.5. The lowest BCUT2D eigenvalue weighted by Gasteiger charge is -2.32. The number of hydrogen-bond acceptors (Lipinski definition) is 3. The van der Waals surface area contributed by atoms with Gasteiger partial charge in [-0.25, -0.2) is 0 Å². The molecule has 0 bridgehead atoms. The zero-order chi connectivity index (χ0) is 10.7. The number of anilines is 1. The summed E-state index contributed by atoms with van der Waals surface area (Å²) in [6, 6.07) is 7.94. The summed E-state index contributed by atoms with van der Waals surface area (Å²) in [6.07, 6.45) is 1.37. The summed E-state index contributed by atoms with van der Waals surface area (Å²) < 4.78 is 5.26. The first-order valence-corrected chi connectivity index (χ1v) is 5.33. The van der Waals surface area contributed by atoms with Gasteiger partial charge in [-0.05, 0) is 17.7 Å². The molecule has 0 amide bonds. The van der Waals surface area contributed by atoms with E-state index in [1.165, 1.54) is 0 Å². The van der Waals surface area contributed by atoms with E-state index in [0.717, 1.165) is 11.3 Å². The maximum atomic E-state index is 10.4. The van der Waals surface area contributed by atoms with Crippen LogP contribution in [-0.2, 0) is 10.3 Å². The molecule has 2 N–H and O–H groups in total. The Morgan fingerprint density at radius 2 is 1.80 bits per heavy atom. The first kappa shape index (κ1) is 10.5. The number of nitrogens with one attached hydrogen (secondary N) is 1. The van der Waals surface area contributed by atoms with E-state index < -0.39 is 5.60 Å². The molecule has 1 fully saturated rings. The van der Waals surface area contributed by atoms with Gasteiger partial charge in [0.25, 0.3) is 0 Å². The van der Waals surface area contributed by atoms with Crippen molar-refractivity contribution in [2.75, 3.05) is 25.6 Å². The normalized spacial score (nSPS) is 19.9. The van der Waals surface area contributed by atoms with E-state index in [0.29, 0.717) is 26.1 Å². The molecule has 0 aliphatic carbocycles. The van der Waals surface area contributed by atoms with Crippen molar-refractivity contribution < 1.29 is 9.84 Å². The molecule has 82 valence electrons. The van der Waals surface area contributed by atoms with Crippen LogP contribution in [0.25, 0.3) is 0 Å². The Morgan fingerprint density at radius 1 is 1.20 bits per heavy atom. The molecule has 0 unspecified atom stereocenters. The lowest BCUT2D eigenvalue weighted by atomic mass is 9.86. The van der Waals surface area contributed by atoms with Crippen LogP contribution in [0.3, 0.4) is 0 Å². The second kappa shape index (κ2) is 4.21. The minimum Gasteiger partial charge on any atom is -0.388 e. The molecule has 1 heterocycles. The predicted molar refractivity (Wildman–Crippen MR) is 59.9 cm³/mol. The van der Waals surface area contributed by atoms with Gasteiger partial charge in [-0.1, -0.05) is 12.1 Å². The van der Waals surface area contributed by atoms with Crippen LogP contribution in [0.5, 0.6) is 0 Å². The largest absolute Gasteiger partial charge is 0.388 e. The van der Waals surface area contributed by atoms with Crippen molar-refractivity contribution in [3.8, 4) is 0 Å². The monoisotopic (exact) mass is 207 g/mol. The summed E-state index contributed by atoms with van der Waals surface area (Å²) in [5.74, 6) is 0. The van der Waals surface area contributed by atoms with E-state index in [4.69, 9.17) is 4.74 Å². The molecule has 1 aliphatic heterocycles. The molecule has 0 aromatic heterocycles. The van der Waals surface area contributed by atoms with Gasteiger partial charge >= 0.3 is 0 Å². The van der Waals surface area contributed by atoms with Gasteiger partial charge in [-0.15, -0.1) is 0 Å². The average Bonchev–Trinajstić information content (AvgIpc) is 2.30. The molecular formula is C12H17NO2. The van der Waals surface area contributed by atoms with Crippen LogP contribution in [0.2, 0.25) is 0 Å². The molecule has 1 aromatic carbocycles. The Bertz CT molecular complexity index is 315. The molecule has 2 rings (SSSR count). The highest BCUT2D eigenvalue weighted by molar-refractivity contribution is 5.45. The van der Waals surface area contributed by atoms with E-state index in [1.807, 2.05) is 31.3 Å². The van der Waals surface area contributed by atoms with Crippen LogP contribution >= 0.6 is 0 Å². The molecule has 3 heteroatoms. The van der Waals surface area contributed by atoms with Crippen LogP contribution in [0, 0.1) is 0 Å². The first-order chi connectivity index (χ1) is 7.24. The minimum absolute atomic E-state index is 0.643. The first-order valence-electron chi connectivity index (χ1n) is 5.33. The highest BCUT2D eigenvalue weighted by Gasteiger charge is 2.31. The average molecular weight is 207 g/mol. The number of aliphatic hydroxyl groups is 1. The van der Waals surface area contributed by atoms with Crippen LogP contribution in [-0.4, -0.2) is 25.4 Å². The molecule has 0 radical (unpaired) electrons. The maximum absolute atomic E-state index is 10.4. The third-order valence-electron chi connectivity index (χ3n) is 3.03. The van der Waals surface area contributed by atoms with E-state index in [-0.39, 0.29) is 0 Å².